The van der Waals surface area contributed by atoms with Crippen molar-refractivity contribution < 1.29 is 13.9 Å². The number of rotatable bonds is 6. The van der Waals surface area contributed by atoms with Crippen molar-refractivity contribution in [1.29, 1.82) is 0 Å². The molecule has 8 heteroatoms. The Hall–Kier alpha value is -3.81. The number of hydrogen-bond acceptors (Lipinski definition) is 5. The summed E-state index contributed by atoms with van der Waals surface area (Å²) in [7, 11) is 1.67. The summed E-state index contributed by atoms with van der Waals surface area (Å²) in [5.41, 5.74) is 0.635. The van der Waals surface area contributed by atoms with E-state index in [0.717, 1.165) is 10.8 Å². The predicted molar refractivity (Wildman–Crippen MR) is 107 cm³/mol. The van der Waals surface area contributed by atoms with Crippen LogP contribution in [0.25, 0.3) is 22.5 Å². The van der Waals surface area contributed by atoms with Gasteiger partial charge in [-0.05, 0) is 30.3 Å². The Bertz CT molecular complexity index is 1190. The third kappa shape index (κ3) is 4.06. The molecule has 4 aromatic rings. The number of likely N-dealkylation sites (N-methyl/N-ethyl adjacent to an activating group) is 1. The molecule has 0 radical (unpaired) electrons. The molecule has 0 atom stereocenters. The van der Waals surface area contributed by atoms with Crippen LogP contribution in [0.4, 0.5) is 4.39 Å². The molecule has 0 bridgehead atoms. The molecular formula is C21H18FN5O2. The Labute approximate surface area is 166 Å². The Morgan fingerprint density at radius 3 is 2.79 bits per heavy atom. The lowest BCUT2D eigenvalue weighted by molar-refractivity contribution is -0.125. The average molecular weight is 391 g/mol. The maximum Gasteiger partial charge on any atom is 0.246 e. The molecule has 0 saturated heterocycles. The summed E-state index contributed by atoms with van der Waals surface area (Å²) < 4.78 is 20.0. The van der Waals surface area contributed by atoms with Gasteiger partial charge < -0.3 is 9.64 Å². The van der Waals surface area contributed by atoms with Gasteiger partial charge in [0.1, 0.15) is 18.2 Å². The van der Waals surface area contributed by atoms with Crippen molar-refractivity contribution in [2.24, 2.45) is 0 Å². The van der Waals surface area contributed by atoms with Crippen LogP contribution in [-0.2, 0) is 4.79 Å². The van der Waals surface area contributed by atoms with E-state index in [-0.39, 0.29) is 11.7 Å². The number of carbonyl (C=O) groups is 1. The van der Waals surface area contributed by atoms with Gasteiger partial charge in [0.2, 0.25) is 5.91 Å². The van der Waals surface area contributed by atoms with Crippen molar-refractivity contribution in [2.75, 3.05) is 20.2 Å². The highest BCUT2D eigenvalue weighted by molar-refractivity contribution is 5.94. The summed E-state index contributed by atoms with van der Waals surface area (Å²) in [5, 5.41) is 14.6. The molecule has 0 spiro atoms. The Morgan fingerprint density at radius 2 is 1.97 bits per heavy atom. The number of hydrogen-bond donors (Lipinski definition) is 0. The normalized spacial score (nSPS) is 11.4. The first-order chi connectivity index (χ1) is 14.1. The van der Waals surface area contributed by atoms with Gasteiger partial charge in [-0.1, -0.05) is 24.3 Å². The summed E-state index contributed by atoms with van der Waals surface area (Å²) in [6.45, 7) is 0.674. The largest absolute Gasteiger partial charge is 0.492 e. The molecule has 146 valence electrons. The van der Waals surface area contributed by atoms with Crippen LogP contribution in [0.2, 0.25) is 0 Å². The SMILES string of the molecule is CN(CCOc1ccc(F)cc1)C(=O)C=Cc1nnc2c3ccccc3cnn12. The second kappa shape index (κ2) is 8.05. The number of nitrogens with zero attached hydrogens (tertiary/aromatic N) is 5. The molecule has 0 N–H and O–H groups in total. The summed E-state index contributed by atoms with van der Waals surface area (Å²) in [5.74, 6) is 0.495. The Balaban J connectivity index is 1.39. The molecule has 0 saturated carbocycles. The molecule has 7 nitrogen and oxygen atoms in total. The number of ether oxygens (including phenoxy) is 1. The third-order valence-electron chi connectivity index (χ3n) is 4.44. The standard InChI is InChI=1S/C21H18FN5O2/c1-26(12-13-29-17-8-6-16(22)7-9-17)20(28)11-10-19-24-25-21-18-5-3-2-4-15(18)14-23-27(19)21/h2-11,14H,12-13H2,1H3. The fraction of sp³-hybridized carbons (Fsp3) is 0.143. The zero-order valence-corrected chi connectivity index (χ0v) is 15.7. The van der Waals surface area contributed by atoms with Gasteiger partial charge in [0.05, 0.1) is 12.7 Å². The van der Waals surface area contributed by atoms with E-state index in [1.807, 2.05) is 24.3 Å². The molecular weight excluding hydrogens is 373 g/mol. The third-order valence-corrected chi connectivity index (χ3v) is 4.44. The maximum absolute atomic E-state index is 12.9. The molecule has 2 heterocycles. The number of fused-ring (bicyclic) bond motifs is 3. The number of benzene rings is 2. The van der Waals surface area contributed by atoms with Crippen LogP contribution >= 0.6 is 0 Å². The lowest BCUT2D eigenvalue weighted by atomic mass is 10.2. The molecule has 4 rings (SSSR count). The van der Waals surface area contributed by atoms with Gasteiger partial charge in [0.15, 0.2) is 11.5 Å². The van der Waals surface area contributed by atoms with Crippen molar-refractivity contribution in [2.45, 2.75) is 0 Å². The molecule has 2 aromatic carbocycles. The summed E-state index contributed by atoms with van der Waals surface area (Å²) >= 11 is 0. The lowest BCUT2D eigenvalue weighted by Gasteiger charge is -2.15. The van der Waals surface area contributed by atoms with Crippen LogP contribution in [0.1, 0.15) is 5.82 Å². The molecule has 0 fully saturated rings. The number of amides is 1. The van der Waals surface area contributed by atoms with Crippen LogP contribution in [0.15, 0.2) is 60.8 Å². The lowest BCUT2D eigenvalue weighted by Crippen LogP contribution is -2.29. The minimum atomic E-state index is -0.321. The first-order valence-corrected chi connectivity index (χ1v) is 9.02. The van der Waals surface area contributed by atoms with Gasteiger partial charge in [0, 0.05) is 23.9 Å². The van der Waals surface area contributed by atoms with Crippen LogP contribution in [0, 0.1) is 5.82 Å². The molecule has 2 aromatic heterocycles. The van der Waals surface area contributed by atoms with Crippen molar-refractivity contribution >= 4 is 28.4 Å². The highest BCUT2D eigenvalue weighted by Gasteiger charge is 2.09. The van der Waals surface area contributed by atoms with E-state index in [0.29, 0.717) is 30.4 Å². The Kier molecular flexibility index (Phi) is 5.15. The maximum atomic E-state index is 12.9. The average Bonchev–Trinajstić information content (AvgIpc) is 3.17. The first kappa shape index (κ1) is 18.5. The number of carbonyl (C=O) groups excluding carboxylic acids is 1. The van der Waals surface area contributed by atoms with E-state index in [1.165, 1.54) is 23.1 Å². The molecule has 0 unspecified atom stereocenters. The summed E-state index contributed by atoms with van der Waals surface area (Å²) in [6, 6.07) is 13.5. The summed E-state index contributed by atoms with van der Waals surface area (Å²) in [4.78, 5) is 13.8. The van der Waals surface area contributed by atoms with Crippen molar-refractivity contribution in [3.8, 4) is 5.75 Å². The fourth-order valence-corrected chi connectivity index (χ4v) is 2.83. The minimum absolute atomic E-state index is 0.203. The van der Waals surface area contributed by atoms with E-state index >= 15 is 0 Å². The monoisotopic (exact) mass is 391 g/mol. The smallest absolute Gasteiger partial charge is 0.246 e. The van der Waals surface area contributed by atoms with Crippen LogP contribution < -0.4 is 4.74 Å². The summed E-state index contributed by atoms with van der Waals surface area (Å²) in [6.07, 6.45) is 4.75. The second-order valence-electron chi connectivity index (χ2n) is 6.42. The van der Waals surface area contributed by atoms with Gasteiger partial charge in [0.25, 0.3) is 0 Å². The first-order valence-electron chi connectivity index (χ1n) is 9.02. The molecule has 29 heavy (non-hydrogen) atoms. The number of aromatic nitrogens is 4. The van der Waals surface area contributed by atoms with E-state index < -0.39 is 0 Å². The van der Waals surface area contributed by atoms with Crippen LogP contribution in [0.5, 0.6) is 5.75 Å². The Morgan fingerprint density at radius 1 is 1.17 bits per heavy atom. The van der Waals surface area contributed by atoms with Gasteiger partial charge in [-0.15, -0.1) is 10.2 Å². The molecule has 0 aliphatic carbocycles. The molecule has 1 amide bonds. The van der Waals surface area contributed by atoms with Gasteiger partial charge >= 0.3 is 0 Å². The highest BCUT2D eigenvalue weighted by atomic mass is 19.1. The van der Waals surface area contributed by atoms with Crippen LogP contribution in [-0.4, -0.2) is 50.8 Å². The van der Waals surface area contributed by atoms with Gasteiger partial charge in [-0.3, -0.25) is 4.79 Å². The quantitative estimate of drug-likeness (QED) is 0.473. The zero-order chi connectivity index (χ0) is 20.2. The number of halogens is 1. The van der Waals surface area contributed by atoms with Crippen molar-refractivity contribution in [3.05, 3.63) is 72.4 Å². The zero-order valence-electron chi connectivity index (χ0n) is 15.7. The van der Waals surface area contributed by atoms with Crippen molar-refractivity contribution in [3.63, 3.8) is 0 Å². The topological polar surface area (TPSA) is 72.6 Å². The molecule has 0 aliphatic rings. The molecule has 0 aliphatic heterocycles. The van der Waals surface area contributed by atoms with E-state index in [9.17, 15) is 9.18 Å². The van der Waals surface area contributed by atoms with Crippen LogP contribution in [0.3, 0.4) is 0 Å². The van der Waals surface area contributed by atoms with Gasteiger partial charge in [-0.2, -0.15) is 9.61 Å². The minimum Gasteiger partial charge on any atom is -0.492 e. The van der Waals surface area contributed by atoms with Crippen molar-refractivity contribution in [1.82, 2.24) is 24.7 Å². The second-order valence-corrected chi connectivity index (χ2v) is 6.42. The van der Waals surface area contributed by atoms with Gasteiger partial charge in [-0.25, -0.2) is 4.39 Å². The van der Waals surface area contributed by atoms with E-state index in [4.69, 9.17) is 4.74 Å². The highest BCUT2D eigenvalue weighted by Crippen LogP contribution is 2.17. The fourth-order valence-electron chi connectivity index (χ4n) is 2.83. The predicted octanol–water partition coefficient (Wildman–Crippen LogP) is 2.97. The van der Waals surface area contributed by atoms with E-state index in [1.54, 1.807) is 36.0 Å². The van der Waals surface area contributed by atoms with E-state index in [2.05, 4.69) is 15.3 Å².